The molecule has 2 unspecified atom stereocenters. The summed E-state index contributed by atoms with van der Waals surface area (Å²) in [4.78, 5) is 13.2. The molecule has 5 N–H and O–H groups in total. The zero-order chi connectivity index (χ0) is 24.8. The molecule has 0 radical (unpaired) electrons. The Kier molecular flexibility index (Phi) is 5.87. The maximum Gasteiger partial charge on any atom is 0.164 e. The molecule has 2 fully saturated rings. The van der Waals surface area contributed by atoms with Crippen molar-refractivity contribution in [2.75, 3.05) is 24.7 Å². The molecule has 36 heavy (non-hydrogen) atoms. The van der Waals surface area contributed by atoms with Gasteiger partial charge in [-0.2, -0.15) is 0 Å². The molecule has 2 aliphatic rings. The molecule has 0 bridgehead atoms. The molecule has 1 aliphatic heterocycles. The van der Waals surface area contributed by atoms with Gasteiger partial charge in [0.25, 0.3) is 0 Å². The number of ether oxygens (including phenoxy) is 2. The van der Waals surface area contributed by atoms with E-state index >= 15 is 0 Å². The summed E-state index contributed by atoms with van der Waals surface area (Å²) in [6.07, 6.45) is 4.05. The summed E-state index contributed by atoms with van der Waals surface area (Å²) in [5.74, 6) is 2.16. The lowest BCUT2D eigenvalue weighted by atomic mass is 9.98. The van der Waals surface area contributed by atoms with Crippen LogP contribution in [0.2, 0.25) is 0 Å². The molecule has 3 aromatic heterocycles. The predicted molar refractivity (Wildman–Crippen MR) is 136 cm³/mol. The van der Waals surface area contributed by atoms with Crippen molar-refractivity contribution in [3.63, 3.8) is 0 Å². The van der Waals surface area contributed by atoms with E-state index in [1.807, 2.05) is 43.6 Å². The standard InChI is InChI=1S/C26H30N6O4/c1-28-20-9-7-15-6-8-16(10-18(15)31-20)35-12-19-22(33)23(34)26(36-19)32-11-17(14-4-2-3-5-14)21-24(27)29-13-30-25(21)32/h6-11,13-14,19,22-23,26,33-34H,2-5,12H2,1H3,(H,28,31)(H2,27,29,30)/t19-,22?,23?,26-/m1/s1. The Morgan fingerprint density at radius 1 is 1.14 bits per heavy atom. The van der Waals surface area contributed by atoms with Gasteiger partial charge in [-0.25, -0.2) is 15.0 Å². The van der Waals surface area contributed by atoms with E-state index < -0.39 is 24.5 Å². The molecule has 4 aromatic rings. The van der Waals surface area contributed by atoms with Crippen LogP contribution in [-0.2, 0) is 4.74 Å². The number of hydrogen-bond donors (Lipinski definition) is 4. The quantitative estimate of drug-likeness (QED) is 0.321. The molecule has 4 atom stereocenters. The monoisotopic (exact) mass is 490 g/mol. The number of aromatic nitrogens is 4. The largest absolute Gasteiger partial charge is 0.491 e. The van der Waals surface area contributed by atoms with Gasteiger partial charge in [-0.05, 0) is 48.6 Å². The fourth-order valence-corrected chi connectivity index (χ4v) is 5.48. The van der Waals surface area contributed by atoms with E-state index in [1.54, 1.807) is 4.57 Å². The molecule has 1 aromatic carbocycles. The molecule has 1 saturated carbocycles. The minimum absolute atomic E-state index is 0.0672. The molecular weight excluding hydrogens is 460 g/mol. The lowest BCUT2D eigenvalue weighted by Crippen LogP contribution is -2.34. The zero-order valence-corrected chi connectivity index (χ0v) is 20.0. The molecular formula is C26H30N6O4. The van der Waals surface area contributed by atoms with Crippen LogP contribution in [0.5, 0.6) is 5.75 Å². The summed E-state index contributed by atoms with van der Waals surface area (Å²) in [5, 5.41) is 26.6. The first-order valence-electron chi connectivity index (χ1n) is 12.4. The Morgan fingerprint density at radius 2 is 1.94 bits per heavy atom. The van der Waals surface area contributed by atoms with Crippen molar-refractivity contribution in [3.05, 3.63) is 48.4 Å². The van der Waals surface area contributed by atoms with Gasteiger partial charge in [0.15, 0.2) is 6.23 Å². The predicted octanol–water partition coefficient (Wildman–Crippen LogP) is 2.96. The van der Waals surface area contributed by atoms with Crippen LogP contribution in [0, 0.1) is 0 Å². The number of fused-ring (bicyclic) bond motifs is 2. The second kappa shape index (κ2) is 9.20. The lowest BCUT2D eigenvalue weighted by molar-refractivity contribution is -0.0472. The van der Waals surface area contributed by atoms with E-state index in [9.17, 15) is 10.2 Å². The molecule has 4 heterocycles. The average molecular weight is 491 g/mol. The number of anilines is 2. The smallest absolute Gasteiger partial charge is 0.164 e. The van der Waals surface area contributed by atoms with E-state index in [2.05, 4.69) is 20.3 Å². The summed E-state index contributed by atoms with van der Waals surface area (Å²) in [7, 11) is 1.82. The van der Waals surface area contributed by atoms with E-state index in [-0.39, 0.29) is 6.61 Å². The van der Waals surface area contributed by atoms with Gasteiger partial charge in [-0.3, -0.25) is 0 Å². The molecule has 0 spiro atoms. The Morgan fingerprint density at radius 3 is 2.75 bits per heavy atom. The van der Waals surface area contributed by atoms with E-state index in [1.165, 1.54) is 19.2 Å². The fraction of sp³-hybridized carbons (Fsp3) is 0.423. The maximum absolute atomic E-state index is 10.9. The van der Waals surface area contributed by atoms with Gasteiger partial charge in [0.1, 0.15) is 54.3 Å². The number of hydrogen-bond acceptors (Lipinski definition) is 9. The van der Waals surface area contributed by atoms with Crippen molar-refractivity contribution in [2.45, 2.75) is 56.1 Å². The third-order valence-corrected chi connectivity index (χ3v) is 7.41. The van der Waals surface area contributed by atoms with Crippen LogP contribution >= 0.6 is 0 Å². The van der Waals surface area contributed by atoms with Crippen molar-refractivity contribution < 1.29 is 19.7 Å². The summed E-state index contributed by atoms with van der Waals surface area (Å²) < 4.78 is 13.9. The van der Waals surface area contributed by atoms with Crippen LogP contribution in [0.15, 0.2) is 42.9 Å². The van der Waals surface area contributed by atoms with Crippen LogP contribution in [0.1, 0.15) is 43.4 Å². The number of nitrogens with one attached hydrogen (secondary N) is 1. The first kappa shape index (κ1) is 23.0. The van der Waals surface area contributed by atoms with Crippen molar-refractivity contribution in [1.29, 1.82) is 0 Å². The Labute approximate surface area is 208 Å². The van der Waals surface area contributed by atoms with Gasteiger partial charge < -0.3 is 35.3 Å². The first-order chi connectivity index (χ1) is 17.5. The third kappa shape index (κ3) is 3.91. The normalized spacial score (nSPS) is 24.6. The van der Waals surface area contributed by atoms with Gasteiger partial charge in [-0.1, -0.05) is 12.8 Å². The van der Waals surface area contributed by atoms with Gasteiger partial charge >= 0.3 is 0 Å². The Hall–Kier alpha value is -3.47. The second-order valence-corrected chi connectivity index (χ2v) is 9.59. The molecule has 0 amide bonds. The number of aliphatic hydroxyl groups excluding tert-OH is 2. The van der Waals surface area contributed by atoms with E-state index in [0.29, 0.717) is 23.1 Å². The van der Waals surface area contributed by atoms with Gasteiger partial charge in [0.05, 0.1) is 10.9 Å². The molecule has 1 saturated heterocycles. The van der Waals surface area contributed by atoms with Crippen molar-refractivity contribution in [3.8, 4) is 5.75 Å². The fourth-order valence-electron chi connectivity index (χ4n) is 5.48. The highest BCUT2D eigenvalue weighted by Gasteiger charge is 2.45. The summed E-state index contributed by atoms with van der Waals surface area (Å²) >= 11 is 0. The minimum Gasteiger partial charge on any atom is -0.491 e. The summed E-state index contributed by atoms with van der Waals surface area (Å²) in [5.41, 5.74) is 8.72. The van der Waals surface area contributed by atoms with E-state index in [0.717, 1.165) is 40.5 Å². The SMILES string of the molecule is CNc1ccc2ccc(OC[C@H]3O[C@@H](n4cc(C5CCCC5)c5c(N)ncnc54)C(O)C3O)cc2n1. The summed E-state index contributed by atoms with van der Waals surface area (Å²) in [6.45, 7) is 0.0672. The average Bonchev–Trinajstić information content (AvgIpc) is 3.62. The molecule has 10 heteroatoms. The number of nitrogens with two attached hydrogens (primary N) is 1. The van der Waals surface area contributed by atoms with Crippen molar-refractivity contribution in [1.82, 2.24) is 19.5 Å². The third-order valence-electron chi connectivity index (χ3n) is 7.41. The molecule has 10 nitrogen and oxygen atoms in total. The highest BCUT2D eigenvalue weighted by Crippen LogP contribution is 2.42. The van der Waals surface area contributed by atoms with Crippen molar-refractivity contribution >= 4 is 33.6 Å². The second-order valence-electron chi connectivity index (χ2n) is 9.59. The van der Waals surface area contributed by atoms with Crippen LogP contribution in [0.3, 0.4) is 0 Å². The number of pyridine rings is 1. The molecule has 188 valence electrons. The number of rotatable bonds is 6. The molecule has 1 aliphatic carbocycles. The Bertz CT molecular complexity index is 1400. The van der Waals surface area contributed by atoms with Crippen LogP contribution in [0.25, 0.3) is 21.9 Å². The number of benzene rings is 1. The van der Waals surface area contributed by atoms with Crippen LogP contribution in [-0.4, -0.2) is 61.7 Å². The van der Waals surface area contributed by atoms with Crippen LogP contribution < -0.4 is 15.8 Å². The topological polar surface area (TPSA) is 141 Å². The highest BCUT2D eigenvalue weighted by molar-refractivity contribution is 5.90. The van der Waals surface area contributed by atoms with Gasteiger partial charge in [-0.15, -0.1) is 0 Å². The summed E-state index contributed by atoms with van der Waals surface area (Å²) in [6, 6.07) is 9.53. The Balaban J connectivity index is 1.24. The van der Waals surface area contributed by atoms with Gasteiger partial charge in [0.2, 0.25) is 0 Å². The number of nitrogen functional groups attached to an aromatic ring is 1. The molecule has 6 rings (SSSR count). The maximum atomic E-state index is 10.9. The van der Waals surface area contributed by atoms with Crippen molar-refractivity contribution in [2.24, 2.45) is 0 Å². The highest BCUT2D eigenvalue weighted by atomic mass is 16.6. The number of nitrogens with zero attached hydrogens (tertiary/aromatic N) is 4. The number of aliphatic hydroxyl groups is 2. The minimum atomic E-state index is -1.15. The van der Waals surface area contributed by atoms with Gasteiger partial charge in [0, 0.05) is 24.7 Å². The van der Waals surface area contributed by atoms with Crippen LogP contribution in [0.4, 0.5) is 11.6 Å². The first-order valence-corrected chi connectivity index (χ1v) is 12.4. The van der Waals surface area contributed by atoms with E-state index in [4.69, 9.17) is 15.2 Å². The lowest BCUT2D eigenvalue weighted by Gasteiger charge is -2.17. The zero-order valence-electron chi connectivity index (χ0n) is 20.0.